The van der Waals surface area contributed by atoms with Gasteiger partial charge < -0.3 is 10.1 Å². The molecule has 2 aromatic carbocycles. The highest BCUT2D eigenvalue weighted by Gasteiger charge is 2.38. The van der Waals surface area contributed by atoms with E-state index in [1.54, 1.807) is 0 Å². The van der Waals surface area contributed by atoms with Crippen molar-refractivity contribution in [3.63, 3.8) is 0 Å². The monoisotopic (exact) mass is 492 g/mol. The number of nitrogens with zero attached hydrogens (tertiary/aromatic N) is 3. The van der Waals surface area contributed by atoms with Gasteiger partial charge in [0, 0.05) is 37.4 Å². The summed E-state index contributed by atoms with van der Waals surface area (Å²) in [7, 11) is 0. The van der Waals surface area contributed by atoms with E-state index in [9.17, 15) is 34.1 Å². The van der Waals surface area contributed by atoms with Gasteiger partial charge in [-0.25, -0.2) is 0 Å². The van der Waals surface area contributed by atoms with E-state index in [1.165, 1.54) is 24.3 Å². The Kier molecular flexibility index (Phi) is 5.80. The van der Waals surface area contributed by atoms with Crippen LogP contribution in [0, 0.1) is 10.1 Å². The summed E-state index contributed by atoms with van der Waals surface area (Å²) in [6, 6.07) is 7.79. The fourth-order valence-corrected chi connectivity index (χ4v) is 4.56. The van der Waals surface area contributed by atoms with Gasteiger partial charge in [-0.05, 0) is 37.1 Å². The second kappa shape index (κ2) is 8.96. The lowest BCUT2D eigenvalue weighted by molar-refractivity contribution is -0.384. The molecule has 0 bridgehead atoms. The molecule has 12 nitrogen and oxygen atoms in total. The highest BCUT2D eigenvalue weighted by Crippen LogP contribution is 2.29. The molecule has 184 valence electrons. The first-order valence-corrected chi connectivity index (χ1v) is 11.3. The first kappa shape index (κ1) is 23.3. The number of fused-ring (bicyclic) bond motifs is 2. The van der Waals surface area contributed by atoms with Crippen molar-refractivity contribution in [2.24, 2.45) is 0 Å². The fraction of sp³-hybridized carbons (Fsp3) is 0.292. The topological polar surface area (TPSA) is 156 Å². The number of carbonyl (C=O) groups is 5. The zero-order chi connectivity index (χ0) is 25.6. The van der Waals surface area contributed by atoms with Crippen LogP contribution in [0.5, 0.6) is 0 Å². The van der Waals surface area contributed by atoms with Gasteiger partial charge in [0.2, 0.25) is 5.91 Å². The summed E-state index contributed by atoms with van der Waals surface area (Å²) in [4.78, 5) is 75.4. The Morgan fingerprint density at radius 3 is 2.28 bits per heavy atom. The number of hydrogen-bond donors (Lipinski definition) is 1. The van der Waals surface area contributed by atoms with E-state index in [-0.39, 0.29) is 59.2 Å². The summed E-state index contributed by atoms with van der Waals surface area (Å²) in [5.41, 5.74) is 0.364. The van der Waals surface area contributed by atoms with Gasteiger partial charge in [0.25, 0.3) is 29.3 Å². The third-order valence-corrected chi connectivity index (χ3v) is 6.39. The van der Waals surface area contributed by atoms with E-state index >= 15 is 0 Å². The number of amides is 5. The molecule has 5 rings (SSSR count). The molecule has 0 spiro atoms. The van der Waals surface area contributed by atoms with Crippen LogP contribution >= 0.6 is 0 Å². The minimum atomic E-state index is -0.709. The van der Waals surface area contributed by atoms with Crippen molar-refractivity contribution in [3.8, 4) is 0 Å². The van der Waals surface area contributed by atoms with Gasteiger partial charge in [0.1, 0.15) is 0 Å². The summed E-state index contributed by atoms with van der Waals surface area (Å²) < 4.78 is 5.52. The maximum absolute atomic E-state index is 12.8. The molecule has 1 unspecified atom stereocenters. The number of non-ortho nitro benzene ring substituents is 1. The van der Waals surface area contributed by atoms with Gasteiger partial charge in [-0.1, -0.05) is 0 Å². The number of carbonyl (C=O) groups excluding carboxylic acids is 5. The molecule has 0 aromatic heterocycles. The van der Waals surface area contributed by atoms with Gasteiger partial charge in [-0.15, -0.1) is 0 Å². The maximum atomic E-state index is 12.8. The molecule has 12 heteroatoms. The lowest BCUT2D eigenvalue weighted by Gasteiger charge is -2.17. The summed E-state index contributed by atoms with van der Waals surface area (Å²) in [5.74, 6) is -2.73. The second-order valence-electron chi connectivity index (χ2n) is 8.66. The standard InChI is InChI=1S/C24H20N4O8/c29-20(7-8-26-21(30)17-6-4-14(28(34)35)11-19(17)23(26)32)25-13-3-5-16-18(10-13)24(33)27(22(16)31)12-15-2-1-9-36-15/h3-6,10-11,15H,1-2,7-9,12H2,(H,25,29). The van der Waals surface area contributed by atoms with Crippen LogP contribution in [0.25, 0.3) is 0 Å². The number of anilines is 1. The molecule has 0 radical (unpaired) electrons. The second-order valence-corrected chi connectivity index (χ2v) is 8.66. The van der Waals surface area contributed by atoms with Crippen molar-refractivity contribution in [2.45, 2.75) is 25.4 Å². The first-order valence-electron chi connectivity index (χ1n) is 11.3. The van der Waals surface area contributed by atoms with Gasteiger partial charge in [-0.2, -0.15) is 0 Å². The molecule has 3 heterocycles. The van der Waals surface area contributed by atoms with Crippen molar-refractivity contribution >= 4 is 40.9 Å². The molecule has 36 heavy (non-hydrogen) atoms. The van der Waals surface area contributed by atoms with E-state index in [4.69, 9.17) is 4.74 Å². The highest BCUT2D eigenvalue weighted by atomic mass is 16.6. The van der Waals surface area contributed by atoms with Crippen molar-refractivity contribution in [3.05, 3.63) is 68.8 Å². The smallest absolute Gasteiger partial charge is 0.270 e. The normalized spacial score (nSPS) is 18.6. The molecular weight excluding hydrogens is 472 g/mol. The molecule has 3 aliphatic rings. The number of nitrogens with one attached hydrogen (secondary N) is 1. The zero-order valence-corrected chi connectivity index (χ0v) is 18.9. The van der Waals surface area contributed by atoms with E-state index in [0.29, 0.717) is 6.61 Å². The molecule has 1 fully saturated rings. The predicted octanol–water partition coefficient (Wildman–Crippen LogP) is 1.99. The number of nitro benzene ring substituents is 1. The number of nitro groups is 1. The van der Waals surface area contributed by atoms with Gasteiger partial charge in [0.15, 0.2) is 0 Å². The van der Waals surface area contributed by atoms with Crippen molar-refractivity contribution in [1.29, 1.82) is 0 Å². The lowest BCUT2D eigenvalue weighted by atomic mass is 10.1. The molecule has 0 aliphatic carbocycles. The Hall–Kier alpha value is -4.45. The largest absolute Gasteiger partial charge is 0.376 e. The molecule has 1 saturated heterocycles. The van der Waals surface area contributed by atoms with Crippen LogP contribution in [0.4, 0.5) is 11.4 Å². The minimum Gasteiger partial charge on any atom is -0.376 e. The zero-order valence-electron chi connectivity index (χ0n) is 18.9. The average Bonchev–Trinajstić information content (AvgIpc) is 3.52. The Balaban J connectivity index is 1.22. The Morgan fingerprint density at radius 1 is 0.944 bits per heavy atom. The number of imide groups is 2. The van der Waals surface area contributed by atoms with Gasteiger partial charge >= 0.3 is 0 Å². The molecule has 1 N–H and O–H groups in total. The average molecular weight is 492 g/mol. The summed E-state index contributed by atoms with van der Waals surface area (Å²) in [6.07, 6.45) is 1.24. The number of hydrogen-bond acceptors (Lipinski definition) is 8. The molecule has 3 aliphatic heterocycles. The highest BCUT2D eigenvalue weighted by molar-refractivity contribution is 6.22. The summed E-state index contributed by atoms with van der Waals surface area (Å²) in [6.45, 7) is 0.547. The third kappa shape index (κ3) is 4.01. The Labute approximate surface area is 203 Å². The van der Waals surface area contributed by atoms with Gasteiger partial charge in [0.05, 0.1) is 39.8 Å². The Bertz CT molecular complexity index is 1350. The number of benzene rings is 2. The molecular formula is C24H20N4O8. The minimum absolute atomic E-state index is 0.0420. The van der Waals surface area contributed by atoms with Crippen molar-refractivity contribution in [1.82, 2.24) is 9.80 Å². The lowest BCUT2D eigenvalue weighted by Crippen LogP contribution is -2.36. The predicted molar refractivity (Wildman–Crippen MR) is 122 cm³/mol. The third-order valence-electron chi connectivity index (χ3n) is 6.39. The van der Waals surface area contributed by atoms with Crippen LogP contribution in [0.2, 0.25) is 0 Å². The van der Waals surface area contributed by atoms with E-state index in [2.05, 4.69) is 5.32 Å². The van der Waals surface area contributed by atoms with Crippen molar-refractivity contribution < 1.29 is 33.6 Å². The van der Waals surface area contributed by atoms with Gasteiger partial charge in [-0.3, -0.25) is 43.9 Å². The van der Waals surface area contributed by atoms with E-state index < -0.39 is 34.5 Å². The number of ether oxygens (including phenoxy) is 1. The molecule has 1 atom stereocenters. The van der Waals surface area contributed by atoms with E-state index in [0.717, 1.165) is 34.8 Å². The van der Waals surface area contributed by atoms with Crippen molar-refractivity contribution in [2.75, 3.05) is 25.0 Å². The maximum Gasteiger partial charge on any atom is 0.270 e. The van der Waals surface area contributed by atoms with Crippen LogP contribution in [-0.2, 0) is 9.53 Å². The van der Waals surface area contributed by atoms with E-state index in [1.807, 2.05) is 0 Å². The quantitative estimate of drug-likeness (QED) is 0.349. The molecule has 5 amide bonds. The van der Waals surface area contributed by atoms with Crippen LogP contribution in [0.1, 0.15) is 60.7 Å². The van der Waals surface area contributed by atoms with Crippen LogP contribution in [-0.4, -0.2) is 70.1 Å². The molecule has 2 aromatic rings. The summed E-state index contributed by atoms with van der Waals surface area (Å²) >= 11 is 0. The Morgan fingerprint density at radius 2 is 1.58 bits per heavy atom. The van der Waals surface area contributed by atoms with Crippen LogP contribution < -0.4 is 5.32 Å². The SMILES string of the molecule is O=C(CCN1C(=O)c2ccc([N+](=O)[O-])cc2C1=O)Nc1ccc2c(c1)C(=O)N(CC1CCCO1)C2=O. The summed E-state index contributed by atoms with van der Waals surface area (Å²) in [5, 5.41) is 13.6. The van der Waals surface area contributed by atoms with Crippen LogP contribution in [0.15, 0.2) is 36.4 Å². The first-order chi connectivity index (χ1) is 17.2. The number of rotatable bonds is 7. The van der Waals surface area contributed by atoms with Crippen LogP contribution in [0.3, 0.4) is 0 Å². The molecule has 0 saturated carbocycles. The fourth-order valence-electron chi connectivity index (χ4n) is 4.56.